The lowest BCUT2D eigenvalue weighted by molar-refractivity contribution is -0.137. The van der Waals surface area contributed by atoms with E-state index in [1.807, 2.05) is 0 Å². The maximum atomic E-state index is 13.0. The third-order valence-electron chi connectivity index (χ3n) is 4.51. The Balaban J connectivity index is 1.80. The molecule has 4 rings (SSSR count). The molecule has 2 aromatic heterocycles. The second-order valence-corrected chi connectivity index (χ2v) is 6.53. The van der Waals surface area contributed by atoms with E-state index >= 15 is 0 Å². The Morgan fingerprint density at radius 3 is 2.79 bits per heavy atom. The Labute approximate surface area is 156 Å². The summed E-state index contributed by atoms with van der Waals surface area (Å²) in [7, 11) is 0. The number of rotatable bonds is 3. The molecule has 0 saturated carbocycles. The summed E-state index contributed by atoms with van der Waals surface area (Å²) >= 11 is 0. The van der Waals surface area contributed by atoms with Gasteiger partial charge < -0.3 is 20.3 Å². The van der Waals surface area contributed by atoms with E-state index in [0.29, 0.717) is 31.0 Å². The number of aromatic nitrogens is 3. The number of H-pyrrole nitrogens is 1. The second kappa shape index (κ2) is 6.79. The van der Waals surface area contributed by atoms with E-state index in [2.05, 4.69) is 20.3 Å². The molecule has 7 nitrogen and oxygen atoms in total. The zero-order valence-electron chi connectivity index (χ0n) is 14.5. The van der Waals surface area contributed by atoms with Crippen molar-refractivity contribution < 1.29 is 18.3 Å². The minimum Gasteiger partial charge on any atom is -0.391 e. The van der Waals surface area contributed by atoms with E-state index in [9.17, 15) is 23.1 Å². The molecule has 0 radical (unpaired) electrons. The molecule has 1 atom stereocenters. The van der Waals surface area contributed by atoms with Crippen molar-refractivity contribution in [2.45, 2.75) is 18.7 Å². The summed E-state index contributed by atoms with van der Waals surface area (Å²) in [4.78, 5) is 25.3. The predicted molar refractivity (Wildman–Crippen MR) is 97.7 cm³/mol. The highest BCUT2D eigenvalue weighted by Gasteiger charge is 2.30. The van der Waals surface area contributed by atoms with Gasteiger partial charge in [-0.15, -0.1) is 0 Å². The van der Waals surface area contributed by atoms with Crippen molar-refractivity contribution in [3.63, 3.8) is 0 Å². The molecule has 1 aliphatic rings. The maximum absolute atomic E-state index is 13.0. The molecule has 28 heavy (non-hydrogen) atoms. The Hall–Kier alpha value is -3.14. The number of hydrogen-bond acceptors (Lipinski definition) is 6. The van der Waals surface area contributed by atoms with Crippen LogP contribution in [0.4, 0.5) is 30.6 Å². The lowest BCUT2D eigenvalue weighted by atomic mass is 10.2. The Morgan fingerprint density at radius 1 is 1.25 bits per heavy atom. The number of anilines is 3. The summed E-state index contributed by atoms with van der Waals surface area (Å²) in [6, 6.07) is 6.24. The van der Waals surface area contributed by atoms with Gasteiger partial charge in [0.2, 0.25) is 5.95 Å². The van der Waals surface area contributed by atoms with Crippen LogP contribution in [0.15, 0.2) is 41.3 Å². The van der Waals surface area contributed by atoms with Gasteiger partial charge in [0.1, 0.15) is 11.2 Å². The Morgan fingerprint density at radius 2 is 2.07 bits per heavy atom. The molecule has 3 aromatic rings. The van der Waals surface area contributed by atoms with E-state index in [4.69, 9.17) is 0 Å². The second-order valence-electron chi connectivity index (χ2n) is 6.53. The first-order chi connectivity index (χ1) is 13.3. The van der Waals surface area contributed by atoms with Crippen molar-refractivity contribution in [2.75, 3.05) is 23.3 Å². The van der Waals surface area contributed by atoms with Crippen molar-refractivity contribution in [3.05, 3.63) is 52.4 Å². The smallest absolute Gasteiger partial charge is 0.391 e. The maximum Gasteiger partial charge on any atom is 0.416 e. The normalized spacial score (nSPS) is 17.3. The summed E-state index contributed by atoms with van der Waals surface area (Å²) in [5.41, 5.74) is -0.775. The topological polar surface area (TPSA) is 94.1 Å². The van der Waals surface area contributed by atoms with Gasteiger partial charge in [0.05, 0.1) is 17.2 Å². The summed E-state index contributed by atoms with van der Waals surface area (Å²) < 4.78 is 39.0. The first kappa shape index (κ1) is 18.2. The zero-order valence-corrected chi connectivity index (χ0v) is 14.5. The average Bonchev–Trinajstić information content (AvgIpc) is 3.07. The number of aliphatic hydroxyl groups excluding tert-OH is 1. The average molecular weight is 391 g/mol. The molecule has 146 valence electrons. The molecule has 1 aromatic carbocycles. The molecule has 0 spiro atoms. The van der Waals surface area contributed by atoms with Gasteiger partial charge in [-0.05, 0) is 30.7 Å². The highest BCUT2D eigenvalue weighted by molar-refractivity contribution is 5.91. The number of halogens is 3. The lowest BCUT2D eigenvalue weighted by Crippen LogP contribution is -2.24. The third kappa shape index (κ3) is 3.50. The number of pyridine rings is 1. The SMILES string of the molecule is O=c1[nH]ccc2nc(N3CC[C@H](O)C3)nc(Nc3cccc(C(F)(F)F)c3)c12. The highest BCUT2D eigenvalue weighted by Crippen LogP contribution is 2.32. The van der Waals surface area contributed by atoms with Crippen LogP contribution in [0.25, 0.3) is 10.9 Å². The van der Waals surface area contributed by atoms with Crippen LogP contribution in [0.1, 0.15) is 12.0 Å². The molecule has 0 aliphatic carbocycles. The van der Waals surface area contributed by atoms with E-state index in [0.717, 1.165) is 12.1 Å². The van der Waals surface area contributed by atoms with E-state index in [1.54, 1.807) is 11.0 Å². The van der Waals surface area contributed by atoms with Gasteiger partial charge in [0.15, 0.2) is 0 Å². The fraction of sp³-hybridized carbons (Fsp3) is 0.278. The molecule has 3 heterocycles. The minimum absolute atomic E-state index is 0.0996. The van der Waals surface area contributed by atoms with Crippen LogP contribution in [-0.4, -0.2) is 39.3 Å². The molecule has 0 unspecified atom stereocenters. The van der Waals surface area contributed by atoms with Crippen LogP contribution in [-0.2, 0) is 6.18 Å². The van der Waals surface area contributed by atoms with Gasteiger partial charge in [-0.2, -0.15) is 18.2 Å². The van der Waals surface area contributed by atoms with Gasteiger partial charge in [-0.1, -0.05) is 6.07 Å². The number of nitrogens with zero attached hydrogens (tertiary/aromatic N) is 3. The van der Waals surface area contributed by atoms with Crippen LogP contribution in [0.2, 0.25) is 0 Å². The first-order valence-electron chi connectivity index (χ1n) is 8.58. The summed E-state index contributed by atoms with van der Waals surface area (Å²) in [5, 5.41) is 12.7. The fourth-order valence-electron chi connectivity index (χ4n) is 3.14. The van der Waals surface area contributed by atoms with Crippen LogP contribution in [0.3, 0.4) is 0 Å². The van der Waals surface area contributed by atoms with Crippen LogP contribution < -0.4 is 15.8 Å². The van der Waals surface area contributed by atoms with Gasteiger partial charge in [-0.3, -0.25) is 4.79 Å². The molecule has 1 fully saturated rings. The van der Waals surface area contributed by atoms with Gasteiger partial charge in [-0.25, -0.2) is 4.98 Å². The summed E-state index contributed by atoms with van der Waals surface area (Å²) in [6.07, 6.45) is -2.99. The van der Waals surface area contributed by atoms with Crippen LogP contribution in [0.5, 0.6) is 0 Å². The van der Waals surface area contributed by atoms with E-state index in [1.165, 1.54) is 18.3 Å². The molecule has 1 saturated heterocycles. The largest absolute Gasteiger partial charge is 0.416 e. The monoisotopic (exact) mass is 391 g/mol. The molecule has 3 N–H and O–H groups in total. The van der Waals surface area contributed by atoms with E-state index < -0.39 is 23.4 Å². The standard InChI is InChI=1S/C18H16F3N5O2/c19-18(20,21)10-2-1-3-11(8-10)23-15-14-13(4-6-22-16(14)28)24-17(25-15)26-7-5-12(27)9-26/h1-4,6,8,12,27H,5,7,9H2,(H,22,28)(H,23,24,25)/t12-/m0/s1. The first-order valence-corrected chi connectivity index (χ1v) is 8.58. The van der Waals surface area contributed by atoms with Gasteiger partial charge in [0.25, 0.3) is 5.56 Å². The summed E-state index contributed by atoms with van der Waals surface area (Å²) in [5.74, 6) is 0.395. The third-order valence-corrected chi connectivity index (χ3v) is 4.51. The number of fused-ring (bicyclic) bond motifs is 1. The van der Waals surface area contributed by atoms with Crippen LogP contribution >= 0.6 is 0 Å². The minimum atomic E-state index is -4.49. The molecular weight excluding hydrogens is 375 g/mol. The van der Waals surface area contributed by atoms with Gasteiger partial charge >= 0.3 is 6.18 Å². The molecule has 10 heteroatoms. The number of aliphatic hydroxyl groups is 1. The van der Waals surface area contributed by atoms with E-state index in [-0.39, 0.29) is 16.9 Å². The molecule has 1 aliphatic heterocycles. The zero-order chi connectivity index (χ0) is 19.9. The number of aromatic amines is 1. The van der Waals surface area contributed by atoms with Crippen molar-refractivity contribution in [1.82, 2.24) is 15.0 Å². The quantitative estimate of drug-likeness (QED) is 0.636. The number of hydrogen-bond donors (Lipinski definition) is 3. The molecular formula is C18H16F3N5O2. The molecule has 0 bridgehead atoms. The summed E-state index contributed by atoms with van der Waals surface area (Å²) in [6.45, 7) is 0.885. The van der Waals surface area contributed by atoms with Crippen molar-refractivity contribution >= 4 is 28.4 Å². The highest BCUT2D eigenvalue weighted by atomic mass is 19.4. The fourth-order valence-corrected chi connectivity index (χ4v) is 3.14. The Bertz CT molecular complexity index is 1080. The number of benzene rings is 1. The predicted octanol–water partition coefficient (Wildman–Crippen LogP) is 2.65. The van der Waals surface area contributed by atoms with Gasteiger partial charge in [0, 0.05) is 25.0 Å². The number of nitrogens with one attached hydrogen (secondary N) is 2. The van der Waals surface area contributed by atoms with Crippen molar-refractivity contribution in [2.24, 2.45) is 0 Å². The number of β-amino-alcohol motifs (C(OH)–C–C–N with tert-alkyl or cyclic N) is 1. The van der Waals surface area contributed by atoms with Crippen molar-refractivity contribution in [1.29, 1.82) is 0 Å². The Kier molecular flexibility index (Phi) is 4.42. The lowest BCUT2D eigenvalue weighted by Gasteiger charge is -2.18. The molecule has 0 amide bonds. The number of alkyl halides is 3. The van der Waals surface area contributed by atoms with Crippen molar-refractivity contribution in [3.8, 4) is 0 Å². The van der Waals surface area contributed by atoms with Crippen LogP contribution in [0, 0.1) is 0 Å².